The zero-order chi connectivity index (χ0) is 18.8. The van der Waals surface area contributed by atoms with Gasteiger partial charge in [0.1, 0.15) is 24.3 Å². The van der Waals surface area contributed by atoms with Crippen molar-refractivity contribution >= 4 is 34.2 Å². The zero-order valence-electron chi connectivity index (χ0n) is 14.9. The maximum absolute atomic E-state index is 10.6. The molecule has 3 aromatic rings. The molecule has 2 aromatic carbocycles. The van der Waals surface area contributed by atoms with E-state index >= 15 is 0 Å². The SMILES string of the molecule is OC(COc1ccc(Cl)cc1Cl)Cn1c(C2CCCC2)nc2ccccc21. The molecule has 0 amide bonds. The molecule has 1 aliphatic rings. The van der Waals surface area contributed by atoms with Crippen LogP contribution in [-0.4, -0.2) is 27.4 Å². The number of nitrogens with zero attached hydrogens (tertiary/aromatic N) is 2. The van der Waals surface area contributed by atoms with Crippen LogP contribution in [0.25, 0.3) is 11.0 Å². The number of halogens is 2. The molecule has 0 aliphatic heterocycles. The fraction of sp³-hybridized carbons (Fsp3) is 0.381. The number of hydrogen-bond acceptors (Lipinski definition) is 3. The molecule has 4 rings (SSSR count). The Bertz CT molecular complexity index is 935. The van der Waals surface area contributed by atoms with Gasteiger partial charge in [0.2, 0.25) is 0 Å². The van der Waals surface area contributed by atoms with Crippen LogP contribution in [0.2, 0.25) is 10.0 Å². The quantitative estimate of drug-likeness (QED) is 0.594. The number of para-hydroxylation sites is 2. The second kappa shape index (κ2) is 8.09. The lowest BCUT2D eigenvalue weighted by molar-refractivity contribution is 0.0925. The Morgan fingerprint density at radius 1 is 1.15 bits per heavy atom. The van der Waals surface area contributed by atoms with Crippen LogP contribution in [0, 0.1) is 0 Å². The van der Waals surface area contributed by atoms with E-state index in [1.807, 2.05) is 18.2 Å². The number of benzene rings is 2. The first-order chi connectivity index (χ1) is 13.1. The minimum Gasteiger partial charge on any atom is -0.489 e. The van der Waals surface area contributed by atoms with Crippen molar-refractivity contribution in [2.45, 2.75) is 44.2 Å². The highest BCUT2D eigenvalue weighted by Gasteiger charge is 2.24. The highest BCUT2D eigenvalue weighted by molar-refractivity contribution is 6.35. The van der Waals surface area contributed by atoms with Crippen molar-refractivity contribution in [3.8, 4) is 5.75 Å². The monoisotopic (exact) mass is 404 g/mol. The minimum atomic E-state index is -0.672. The lowest BCUT2D eigenvalue weighted by Crippen LogP contribution is -2.25. The number of ether oxygens (including phenoxy) is 1. The lowest BCUT2D eigenvalue weighted by atomic mass is 10.1. The topological polar surface area (TPSA) is 47.3 Å². The number of aliphatic hydroxyl groups is 1. The summed E-state index contributed by atoms with van der Waals surface area (Å²) in [6.45, 7) is 0.593. The van der Waals surface area contributed by atoms with Crippen molar-refractivity contribution in [3.63, 3.8) is 0 Å². The molecular weight excluding hydrogens is 383 g/mol. The molecule has 1 heterocycles. The Balaban J connectivity index is 1.52. The standard InChI is InChI=1S/C21H22Cl2N2O2/c22-15-9-10-20(17(23)11-15)27-13-16(26)12-25-19-8-4-3-7-18(19)24-21(25)14-5-1-2-6-14/h3-4,7-11,14,16,26H,1-2,5-6,12-13H2. The minimum absolute atomic E-state index is 0.151. The summed E-state index contributed by atoms with van der Waals surface area (Å²) in [6, 6.07) is 13.2. The molecule has 0 radical (unpaired) electrons. The number of aromatic nitrogens is 2. The van der Waals surface area contributed by atoms with E-state index in [1.54, 1.807) is 18.2 Å². The second-order valence-electron chi connectivity index (χ2n) is 7.09. The van der Waals surface area contributed by atoms with Gasteiger partial charge in [0, 0.05) is 10.9 Å². The first kappa shape index (κ1) is 18.6. The molecule has 6 heteroatoms. The smallest absolute Gasteiger partial charge is 0.138 e. The maximum atomic E-state index is 10.6. The van der Waals surface area contributed by atoms with E-state index in [-0.39, 0.29) is 6.61 Å². The molecule has 4 nitrogen and oxygen atoms in total. The molecule has 0 saturated heterocycles. The van der Waals surface area contributed by atoms with Crippen molar-refractivity contribution in [1.82, 2.24) is 9.55 Å². The number of hydrogen-bond donors (Lipinski definition) is 1. The fourth-order valence-corrected chi connectivity index (χ4v) is 4.29. The Labute approximate surface area is 168 Å². The third kappa shape index (κ3) is 4.08. The maximum Gasteiger partial charge on any atom is 0.138 e. The molecule has 27 heavy (non-hydrogen) atoms. The van der Waals surface area contributed by atoms with Gasteiger partial charge in [-0.3, -0.25) is 0 Å². The highest BCUT2D eigenvalue weighted by atomic mass is 35.5. The Morgan fingerprint density at radius 3 is 2.70 bits per heavy atom. The number of rotatable bonds is 6. The van der Waals surface area contributed by atoms with Gasteiger partial charge in [-0.1, -0.05) is 48.2 Å². The van der Waals surface area contributed by atoms with Crippen LogP contribution in [0.1, 0.15) is 37.4 Å². The predicted molar refractivity (Wildman–Crippen MR) is 109 cm³/mol. The van der Waals surface area contributed by atoms with Crippen LogP contribution >= 0.6 is 23.2 Å². The van der Waals surface area contributed by atoms with E-state index < -0.39 is 6.10 Å². The average molecular weight is 405 g/mol. The third-order valence-electron chi connectivity index (χ3n) is 5.12. The second-order valence-corrected chi connectivity index (χ2v) is 7.93. The summed E-state index contributed by atoms with van der Waals surface area (Å²) in [5.74, 6) is 2.07. The Hall–Kier alpha value is -1.75. The van der Waals surface area contributed by atoms with Crippen molar-refractivity contribution in [1.29, 1.82) is 0 Å². The van der Waals surface area contributed by atoms with Gasteiger partial charge in [-0.2, -0.15) is 0 Å². The average Bonchev–Trinajstić information content (AvgIpc) is 3.29. The van der Waals surface area contributed by atoms with Crippen LogP contribution in [-0.2, 0) is 6.54 Å². The summed E-state index contributed by atoms with van der Waals surface area (Å²) in [6.07, 6.45) is 4.14. The number of imidazole rings is 1. The van der Waals surface area contributed by atoms with Gasteiger partial charge in [0.25, 0.3) is 0 Å². The molecule has 1 atom stereocenters. The van der Waals surface area contributed by atoms with Crippen LogP contribution in [0.4, 0.5) is 0 Å². The Kier molecular flexibility index (Phi) is 5.58. The predicted octanol–water partition coefficient (Wildman–Crippen LogP) is 5.44. The van der Waals surface area contributed by atoms with Crippen molar-refractivity contribution < 1.29 is 9.84 Å². The van der Waals surface area contributed by atoms with Gasteiger partial charge in [0.05, 0.1) is 22.6 Å². The summed E-state index contributed by atoms with van der Waals surface area (Å²) in [5.41, 5.74) is 2.04. The largest absolute Gasteiger partial charge is 0.489 e. The van der Waals surface area contributed by atoms with E-state index in [1.165, 1.54) is 12.8 Å². The molecule has 1 unspecified atom stereocenters. The third-order valence-corrected chi connectivity index (χ3v) is 5.65. The summed E-state index contributed by atoms with van der Waals surface area (Å²) in [5, 5.41) is 11.6. The molecule has 1 saturated carbocycles. The van der Waals surface area contributed by atoms with Gasteiger partial charge in [-0.05, 0) is 43.2 Å². The first-order valence-electron chi connectivity index (χ1n) is 9.33. The van der Waals surface area contributed by atoms with Crippen LogP contribution in [0.5, 0.6) is 5.75 Å². The van der Waals surface area contributed by atoms with Gasteiger partial charge in [0.15, 0.2) is 0 Å². The van der Waals surface area contributed by atoms with E-state index in [2.05, 4.69) is 10.6 Å². The molecule has 1 aliphatic carbocycles. The van der Waals surface area contributed by atoms with Crippen LogP contribution < -0.4 is 4.74 Å². The summed E-state index contributed by atoms with van der Waals surface area (Å²) in [7, 11) is 0. The van der Waals surface area contributed by atoms with Gasteiger partial charge < -0.3 is 14.4 Å². The molecule has 1 aromatic heterocycles. The van der Waals surface area contributed by atoms with Crippen molar-refractivity contribution in [2.24, 2.45) is 0 Å². The molecule has 0 bridgehead atoms. The van der Waals surface area contributed by atoms with E-state index in [0.717, 1.165) is 29.7 Å². The summed E-state index contributed by atoms with van der Waals surface area (Å²) >= 11 is 12.0. The van der Waals surface area contributed by atoms with Crippen LogP contribution in [0.3, 0.4) is 0 Å². The summed E-state index contributed by atoms with van der Waals surface area (Å²) < 4.78 is 7.86. The summed E-state index contributed by atoms with van der Waals surface area (Å²) in [4.78, 5) is 4.87. The van der Waals surface area contributed by atoms with Gasteiger partial charge in [-0.25, -0.2) is 4.98 Å². The Morgan fingerprint density at radius 2 is 1.93 bits per heavy atom. The van der Waals surface area contributed by atoms with Crippen molar-refractivity contribution in [3.05, 3.63) is 58.3 Å². The fourth-order valence-electron chi connectivity index (χ4n) is 3.82. The van der Waals surface area contributed by atoms with Gasteiger partial charge >= 0.3 is 0 Å². The molecule has 1 fully saturated rings. The molecular formula is C21H22Cl2N2O2. The molecule has 1 N–H and O–H groups in total. The van der Waals surface area contributed by atoms with Crippen LogP contribution in [0.15, 0.2) is 42.5 Å². The first-order valence-corrected chi connectivity index (χ1v) is 10.1. The van der Waals surface area contributed by atoms with Crippen molar-refractivity contribution in [2.75, 3.05) is 6.61 Å². The lowest BCUT2D eigenvalue weighted by Gasteiger charge is -2.18. The normalized spacial score (nSPS) is 16.1. The number of aliphatic hydroxyl groups excluding tert-OH is 1. The van der Waals surface area contributed by atoms with Gasteiger partial charge in [-0.15, -0.1) is 0 Å². The molecule has 0 spiro atoms. The highest BCUT2D eigenvalue weighted by Crippen LogP contribution is 2.35. The zero-order valence-corrected chi connectivity index (χ0v) is 16.5. The van der Waals surface area contributed by atoms with E-state index in [4.69, 9.17) is 32.9 Å². The van der Waals surface area contributed by atoms with E-state index in [0.29, 0.717) is 28.3 Å². The number of fused-ring (bicyclic) bond motifs is 1. The molecule has 142 valence electrons. The van der Waals surface area contributed by atoms with E-state index in [9.17, 15) is 5.11 Å².